The average molecular weight is 1070 g/mol. The quantitative estimate of drug-likeness (QED) is 0.0348. The molecule has 21 nitrogen and oxygen atoms in total. The topological polar surface area (TPSA) is 272 Å². The molecule has 5 N–H and O–H groups in total. The van der Waals surface area contributed by atoms with E-state index in [0.717, 1.165) is 27.0 Å². The fourth-order valence-electron chi connectivity index (χ4n) is 10.5. The summed E-state index contributed by atoms with van der Waals surface area (Å²) in [5.74, 6) is -5.07. The van der Waals surface area contributed by atoms with Crippen molar-refractivity contribution in [3.63, 3.8) is 0 Å². The third-order valence-electron chi connectivity index (χ3n) is 14.9. The van der Waals surface area contributed by atoms with Crippen LogP contribution in [0.5, 0.6) is 0 Å². The van der Waals surface area contributed by atoms with Crippen LogP contribution >= 0.6 is 0 Å². The highest BCUT2D eigenvalue weighted by Gasteiger charge is 2.50. The van der Waals surface area contributed by atoms with Gasteiger partial charge in [0.2, 0.25) is 35.4 Å². The summed E-state index contributed by atoms with van der Waals surface area (Å²) in [6.45, 7) is 9.91. The van der Waals surface area contributed by atoms with E-state index in [9.17, 15) is 48.3 Å². The monoisotopic (exact) mass is 1060 g/mol. The first-order valence-corrected chi connectivity index (χ1v) is 26.0. The van der Waals surface area contributed by atoms with Crippen molar-refractivity contribution < 1.29 is 66.9 Å². The number of unbranched alkanes of at least 4 members (excludes halogenated alkanes) is 2. The smallest absolute Gasteiger partial charge is 0.411 e. The zero-order valence-corrected chi connectivity index (χ0v) is 44.3. The van der Waals surface area contributed by atoms with Crippen LogP contribution in [0.3, 0.4) is 0 Å². The van der Waals surface area contributed by atoms with Gasteiger partial charge in [-0.3, -0.25) is 38.6 Å². The third kappa shape index (κ3) is 11.6. The molecular weight excluding hydrogens is 1000 g/mol. The average Bonchev–Trinajstić information content (AvgIpc) is 4.16. The molecule has 1 aliphatic carbocycles. The van der Waals surface area contributed by atoms with Gasteiger partial charge in [-0.25, -0.2) is 23.8 Å². The molecule has 1 fully saturated rings. The number of aliphatic hydroxyl groups is 1. The van der Waals surface area contributed by atoms with E-state index in [0.29, 0.717) is 72.4 Å². The number of halogens is 1. The van der Waals surface area contributed by atoms with Gasteiger partial charge in [-0.2, -0.15) is 0 Å². The second-order valence-electron chi connectivity index (χ2n) is 20.8. The Balaban J connectivity index is 0.784. The number of anilines is 1. The molecule has 77 heavy (non-hydrogen) atoms. The maximum atomic E-state index is 15.4. The van der Waals surface area contributed by atoms with Crippen LogP contribution in [0.4, 0.5) is 14.9 Å². The molecule has 2 aromatic carbocycles. The largest absolute Gasteiger partial charge is 0.444 e. The molecule has 410 valence electrons. The maximum Gasteiger partial charge on any atom is 0.411 e. The molecule has 7 amide bonds. The normalized spacial score (nSPS) is 20.3. The van der Waals surface area contributed by atoms with E-state index in [-0.39, 0.29) is 86.4 Å². The summed E-state index contributed by atoms with van der Waals surface area (Å²) in [6, 6.07) is 5.46. The molecule has 0 saturated carbocycles. The van der Waals surface area contributed by atoms with Gasteiger partial charge in [0.05, 0.1) is 35.1 Å². The molecule has 8 rings (SSSR count). The fraction of sp³-hybridized carbons (Fsp3) is 0.491. The number of benzene rings is 2. The van der Waals surface area contributed by atoms with Gasteiger partial charge >= 0.3 is 18.0 Å². The predicted molar refractivity (Wildman–Crippen MR) is 275 cm³/mol. The lowest BCUT2D eigenvalue weighted by Crippen LogP contribution is -2.53. The summed E-state index contributed by atoms with van der Waals surface area (Å²) in [7, 11) is 1.44. The minimum absolute atomic E-state index is 0.0331. The van der Waals surface area contributed by atoms with E-state index in [1.807, 2.05) is 4.90 Å². The van der Waals surface area contributed by atoms with Gasteiger partial charge in [0.25, 0.3) is 0 Å². The zero-order chi connectivity index (χ0) is 55.6. The van der Waals surface area contributed by atoms with E-state index in [2.05, 4.69) is 21.3 Å². The lowest BCUT2D eigenvalue weighted by molar-refractivity contribution is -0.172. The first-order chi connectivity index (χ1) is 36.6. The van der Waals surface area contributed by atoms with E-state index in [4.69, 9.17) is 19.2 Å². The van der Waals surface area contributed by atoms with Crippen molar-refractivity contribution in [2.45, 2.75) is 130 Å². The molecule has 3 aromatic rings. The SMILES string of the molecule is CC[C@@]1(O)C(=O)OC(=O)C2=C1C=C1c3nc4cc(F)c(C)c5c4c(c3CN1C2)[C@@H](NC(=O)COCN(C)C(=O)OCc1ccc(NC(=O)[C@H](C)NC(=O)[C@@H](NC(=O)CCCCCN2C(=O)CC(C)C2=O)C(C)C)cc1)CC5. The van der Waals surface area contributed by atoms with Crippen LogP contribution in [0.1, 0.15) is 119 Å². The number of aryl methyl sites for hydroxylation is 1. The highest BCUT2D eigenvalue weighted by molar-refractivity contribution is 6.08. The molecule has 5 heterocycles. The van der Waals surface area contributed by atoms with E-state index >= 15 is 4.39 Å². The van der Waals surface area contributed by atoms with Gasteiger partial charge in [0.15, 0.2) is 5.60 Å². The molecule has 1 unspecified atom stereocenters. The van der Waals surface area contributed by atoms with Crippen LogP contribution in [0.25, 0.3) is 16.6 Å². The zero-order valence-electron chi connectivity index (χ0n) is 44.3. The molecule has 1 saturated heterocycles. The van der Waals surface area contributed by atoms with Gasteiger partial charge in [-0.15, -0.1) is 0 Å². The molecule has 5 aliphatic rings. The van der Waals surface area contributed by atoms with Crippen LogP contribution in [-0.2, 0) is 72.1 Å². The number of hydrogen-bond donors (Lipinski definition) is 5. The molecule has 5 atom stereocenters. The Labute approximate surface area is 444 Å². The number of nitrogens with one attached hydrogen (secondary N) is 4. The van der Waals surface area contributed by atoms with E-state index in [1.165, 1.54) is 24.9 Å². The fourth-order valence-corrected chi connectivity index (χ4v) is 10.5. The van der Waals surface area contributed by atoms with Crippen molar-refractivity contribution in [2.75, 3.05) is 38.8 Å². The number of aromatic nitrogens is 1. The number of fused-ring (bicyclic) bond motifs is 4. The highest BCUT2D eigenvalue weighted by Crippen LogP contribution is 2.48. The number of likely N-dealkylation sites (tertiary alicyclic amines) is 1. The van der Waals surface area contributed by atoms with Crippen molar-refractivity contribution in [3.8, 4) is 0 Å². The Kier molecular flexibility index (Phi) is 16.6. The van der Waals surface area contributed by atoms with Crippen LogP contribution < -0.4 is 21.3 Å². The van der Waals surface area contributed by atoms with Crippen LogP contribution in [-0.4, -0.2) is 129 Å². The number of ether oxygens (including phenoxy) is 3. The Morgan fingerprint density at radius 2 is 1.73 bits per heavy atom. The number of carbonyl (C=O) groups is 9. The first kappa shape index (κ1) is 55.6. The van der Waals surface area contributed by atoms with Crippen LogP contribution in [0.2, 0.25) is 0 Å². The summed E-state index contributed by atoms with van der Waals surface area (Å²) >= 11 is 0. The number of carbonyl (C=O) groups excluding carboxylic acids is 9. The van der Waals surface area contributed by atoms with Crippen molar-refractivity contribution in [3.05, 3.63) is 86.9 Å². The molecule has 0 spiro atoms. The van der Waals surface area contributed by atoms with Gasteiger partial charge in [0.1, 0.15) is 37.8 Å². The molecule has 0 radical (unpaired) electrons. The second kappa shape index (κ2) is 22.9. The standard InChI is InChI=1S/C55H65FN8O13/c1-8-55(74)37-21-41-48-36(24-63(41)23-35(37)52(71)77-53(55)72)46-39(18-17-34-30(5)38(56)22-40(60-48)45(34)46)59-43(66)26-75-27-62(7)54(73)76-25-32-13-15-33(16-14-32)58-49(68)31(6)57-50(69)47(28(2)3)61-42(65)12-10-9-11-19-64-44(67)20-29(4)51(64)70/h13-16,21-22,28-29,31,39,47,74H,8-12,17-20,23-27H2,1-7H3,(H,57,69)(H,58,68)(H,59,66)(H,61,65)/t29?,31-,39-,47-,55-/m0/s1. The summed E-state index contributed by atoms with van der Waals surface area (Å²) in [5.41, 5.74) is 3.44. The lowest BCUT2D eigenvalue weighted by atomic mass is 9.81. The van der Waals surface area contributed by atoms with Gasteiger partial charge in [-0.1, -0.05) is 46.2 Å². The predicted octanol–water partition coefficient (Wildman–Crippen LogP) is 4.26. The molecule has 0 bridgehead atoms. The van der Waals surface area contributed by atoms with E-state index < -0.39 is 71.9 Å². The van der Waals surface area contributed by atoms with Crippen molar-refractivity contribution in [2.24, 2.45) is 11.8 Å². The number of hydrogen-bond acceptors (Lipinski definition) is 15. The van der Waals surface area contributed by atoms with Crippen molar-refractivity contribution >= 4 is 75.8 Å². The Hall–Kier alpha value is -7.59. The number of rotatable bonds is 20. The minimum atomic E-state index is -2.04. The van der Waals surface area contributed by atoms with Gasteiger partial charge in [-0.05, 0) is 92.3 Å². The Morgan fingerprint density at radius 3 is 2.42 bits per heavy atom. The van der Waals surface area contributed by atoms with Gasteiger partial charge < -0.3 is 45.5 Å². The van der Waals surface area contributed by atoms with Gasteiger partial charge in [0, 0.05) is 67.2 Å². The molecule has 1 aromatic heterocycles. The number of amides is 7. The van der Waals surface area contributed by atoms with Crippen LogP contribution in [0, 0.1) is 24.6 Å². The minimum Gasteiger partial charge on any atom is -0.444 e. The van der Waals surface area contributed by atoms with Crippen molar-refractivity contribution in [1.82, 2.24) is 35.6 Å². The number of pyridine rings is 1. The second-order valence-corrected chi connectivity index (χ2v) is 20.8. The number of nitrogens with zero attached hydrogens (tertiary/aromatic N) is 4. The number of imide groups is 1. The summed E-state index contributed by atoms with van der Waals surface area (Å²) in [6.07, 6.45) is 3.77. The summed E-state index contributed by atoms with van der Waals surface area (Å²) in [4.78, 5) is 124. The summed E-state index contributed by atoms with van der Waals surface area (Å²) < 4.78 is 31.4. The first-order valence-electron chi connectivity index (χ1n) is 26.0. The lowest BCUT2D eigenvalue weighted by Gasteiger charge is -2.36. The Bertz CT molecular complexity index is 3010. The van der Waals surface area contributed by atoms with Crippen LogP contribution in [0.15, 0.2) is 47.6 Å². The molecular formula is C55H65FN8O13. The third-order valence-corrected chi connectivity index (χ3v) is 14.9. The molecule has 4 aliphatic heterocycles. The summed E-state index contributed by atoms with van der Waals surface area (Å²) in [5, 5.41) is 23.3. The highest BCUT2D eigenvalue weighted by atomic mass is 19.1. The number of esters is 2. The Morgan fingerprint density at radius 1 is 0.987 bits per heavy atom. The van der Waals surface area contributed by atoms with Crippen molar-refractivity contribution in [1.29, 1.82) is 0 Å². The van der Waals surface area contributed by atoms with E-state index in [1.54, 1.807) is 65.0 Å². The molecule has 22 heteroatoms. The maximum absolute atomic E-state index is 15.4. The number of cyclic esters (lactones) is 2.